The van der Waals surface area contributed by atoms with E-state index in [1.165, 1.54) is 12.2 Å². The number of rotatable bonds is 6. The highest BCUT2D eigenvalue weighted by Crippen LogP contribution is 2.22. The Morgan fingerprint density at radius 3 is 1.70 bits per heavy atom. The van der Waals surface area contributed by atoms with Crippen LogP contribution < -0.4 is 0 Å². The van der Waals surface area contributed by atoms with Gasteiger partial charge in [0.2, 0.25) is 0 Å². The van der Waals surface area contributed by atoms with E-state index in [2.05, 4.69) is 39.8 Å². The average molecular weight is 279 g/mol. The maximum absolute atomic E-state index is 12.0. The Kier molecular flexibility index (Phi) is 8.16. The van der Waals surface area contributed by atoms with E-state index in [4.69, 9.17) is 4.84 Å². The molecule has 0 aromatic rings. The number of allylic oxidation sites excluding steroid dienone is 5. The largest absolute Gasteiger partial charge is 0.274 e. The van der Waals surface area contributed by atoms with E-state index in [-0.39, 0.29) is 5.91 Å². The molecule has 0 saturated carbocycles. The van der Waals surface area contributed by atoms with Gasteiger partial charge in [0.25, 0.3) is 5.91 Å². The summed E-state index contributed by atoms with van der Waals surface area (Å²) >= 11 is 0. The van der Waals surface area contributed by atoms with E-state index in [9.17, 15) is 4.79 Å². The van der Waals surface area contributed by atoms with Gasteiger partial charge in [-0.05, 0) is 42.4 Å². The Morgan fingerprint density at radius 1 is 1.00 bits per heavy atom. The molecule has 0 spiro atoms. The lowest BCUT2D eigenvalue weighted by Crippen LogP contribution is -2.23. The van der Waals surface area contributed by atoms with Gasteiger partial charge in [0, 0.05) is 13.1 Å². The SMILES string of the molecule is CON(C)C(=O)C=C(/C(C)=C/C(C)C)/C(C)=C/C(C)C. The van der Waals surface area contributed by atoms with Crippen molar-refractivity contribution in [2.75, 3.05) is 14.2 Å². The van der Waals surface area contributed by atoms with Gasteiger partial charge in [0.05, 0.1) is 7.11 Å². The Balaban J connectivity index is 5.60. The van der Waals surface area contributed by atoms with Crippen LogP contribution in [0.4, 0.5) is 0 Å². The van der Waals surface area contributed by atoms with Crippen molar-refractivity contribution in [1.82, 2.24) is 5.06 Å². The minimum atomic E-state index is -0.157. The molecule has 0 radical (unpaired) electrons. The zero-order valence-electron chi connectivity index (χ0n) is 14.2. The van der Waals surface area contributed by atoms with Crippen molar-refractivity contribution >= 4 is 5.91 Å². The van der Waals surface area contributed by atoms with Gasteiger partial charge in [-0.3, -0.25) is 9.63 Å². The maximum atomic E-state index is 12.0. The lowest BCUT2D eigenvalue weighted by Gasteiger charge is -2.15. The van der Waals surface area contributed by atoms with Crippen LogP contribution in [0.3, 0.4) is 0 Å². The smallest absolute Gasteiger partial charge is 0.270 e. The summed E-state index contributed by atoms with van der Waals surface area (Å²) in [6.07, 6.45) is 5.99. The van der Waals surface area contributed by atoms with Gasteiger partial charge < -0.3 is 0 Å². The van der Waals surface area contributed by atoms with Gasteiger partial charge >= 0.3 is 0 Å². The number of hydrogen-bond donors (Lipinski definition) is 0. The van der Waals surface area contributed by atoms with Crippen LogP contribution in [0, 0.1) is 11.8 Å². The van der Waals surface area contributed by atoms with Crippen LogP contribution in [0.2, 0.25) is 0 Å². The minimum Gasteiger partial charge on any atom is -0.274 e. The Hall–Kier alpha value is -1.35. The van der Waals surface area contributed by atoms with Crippen molar-refractivity contribution in [1.29, 1.82) is 0 Å². The second-order valence-corrected chi connectivity index (χ2v) is 5.76. The molecule has 0 heterocycles. The molecule has 3 heteroatoms. The van der Waals surface area contributed by atoms with Gasteiger partial charge in [-0.2, -0.15) is 0 Å². The zero-order valence-corrected chi connectivity index (χ0v) is 14.2. The predicted octanol–water partition coefficient (Wildman–Crippen LogP) is 4.14. The van der Waals surface area contributed by atoms with Crippen molar-refractivity contribution in [2.24, 2.45) is 11.8 Å². The Labute approximate surface area is 123 Å². The first kappa shape index (κ1) is 18.7. The Bertz CT molecular complexity index is 389. The third kappa shape index (κ3) is 6.71. The molecule has 20 heavy (non-hydrogen) atoms. The normalized spacial score (nSPS) is 12.9. The molecule has 0 aliphatic rings. The molecule has 0 aliphatic carbocycles. The average Bonchev–Trinajstić information content (AvgIpc) is 2.32. The fraction of sp³-hybridized carbons (Fsp3) is 0.588. The molecule has 114 valence electrons. The van der Waals surface area contributed by atoms with Crippen molar-refractivity contribution in [2.45, 2.75) is 41.5 Å². The highest BCUT2D eigenvalue weighted by Gasteiger charge is 2.10. The van der Waals surface area contributed by atoms with Gasteiger partial charge in [-0.15, -0.1) is 0 Å². The number of likely N-dealkylation sites (N-methyl/N-ethyl adjacent to an activating group) is 1. The molecule has 0 unspecified atom stereocenters. The van der Waals surface area contributed by atoms with E-state index in [0.29, 0.717) is 11.8 Å². The zero-order chi connectivity index (χ0) is 15.9. The van der Waals surface area contributed by atoms with Crippen LogP contribution in [0.25, 0.3) is 0 Å². The molecule has 0 aromatic carbocycles. The summed E-state index contributed by atoms with van der Waals surface area (Å²) in [5.74, 6) is 0.733. The molecule has 0 fully saturated rings. The van der Waals surface area contributed by atoms with Gasteiger partial charge in [-0.1, -0.05) is 39.8 Å². The molecule has 3 nitrogen and oxygen atoms in total. The monoisotopic (exact) mass is 279 g/mol. The van der Waals surface area contributed by atoms with Crippen LogP contribution in [0.15, 0.2) is 34.9 Å². The highest BCUT2D eigenvalue weighted by molar-refractivity contribution is 5.89. The quantitative estimate of drug-likeness (QED) is 0.415. The third-order valence-corrected chi connectivity index (χ3v) is 2.87. The predicted molar refractivity (Wildman–Crippen MR) is 85.1 cm³/mol. The fourth-order valence-electron chi connectivity index (χ4n) is 2.02. The number of carbonyl (C=O) groups is 1. The fourth-order valence-corrected chi connectivity index (χ4v) is 2.02. The molecule has 0 aliphatic heterocycles. The first-order valence-electron chi connectivity index (χ1n) is 7.10. The first-order valence-corrected chi connectivity index (χ1v) is 7.10. The van der Waals surface area contributed by atoms with Crippen molar-refractivity contribution < 1.29 is 9.63 Å². The number of hydrogen-bond acceptors (Lipinski definition) is 2. The summed E-state index contributed by atoms with van der Waals surface area (Å²) in [4.78, 5) is 17.0. The molecule has 0 rings (SSSR count). The second-order valence-electron chi connectivity index (χ2n) is 5.76. The molecule has 0 saturated heterocycles. The number of hydroxylamine groups is 2. The lowest BCUT2D eigenvalue weighted by atomic mass is 9.94. The van der Waals surface area contributed by atoms with E-state index < -0.39 is 0 Å². The van der Waals surface area contributed by atoms with Crippen LogP contribution in [0.5, 0.6) is 0 Å². The summed E-state index contributed by atoms with van der Waals surface area (Å²) in [5.41, 5.74) is 3.21. The summed E-state index contributed by atoms with van der Waals surface area (Å²) < 4.78 is 0. The molecule has 0 N–H and O–H groups in total. The highest BCUT2D eigenvalue weighted by atomic mass is 16.7. The van der Waals surface area contributed by atoms with Crippen molar-refractivity contribution in [3.05, 3.63) is 34.9 Å². The van der Waals surface area contributed by atoms with E-state index in [1.54, 1.807) is 13.1 Å². The lowest BCUT2D eigenvalue weighted by molar-refractivity contribution is -0.162. The summed E-state index contributed by atoms with van der Waals surface area (Å²) in [6, 6.07) is 0. The number of amides is 1. The Morgan fingerprint density at radius 2 is 1.40 bits per heavy atom. The standard InChI is InChI=1S/C17H29NO2/c1-12(2)9-14(5)16(15(6)10-13(3)4)11-17(19)18(7)20-8/h9-13H,1-8H3/b14-9+,15-10+. The summed E-state index contributed by atoms with van der Waals surface area (Å²) in [5, 5.41) is 1.23. The molecular weight excluding hydrogens is 250 g/mol. The van der Waals surface area contributed by atoms with Crippen LogP contribution in [-0.2, 0) is 9.63 Å². The summed E-state index contributed by atoms with van der Waals surface area (Å²) in [7, 11) is 3.10. The minimum absolute atomic E-state index is 0.157. The van der Waals surface area contributed by atoms with Crippen LogP contribution in [0.1, 0.15) is 41.5 Å². The molecular formula is C17H29NO2. The van der Waals surface area contributed by atoms with Crippen LogP contribution in [-0.4, -0.2) is 25.1 Å². The molecule has 0 aromatic heterocycles. The van der Waals surface area contributed by atoms with E-state index >= 15 is 0 Å². The van der Waals surface area contributed by atoms with E-state index in [1.807, 2.05) is 13.8 Å². The second kappa shape index (κ2) is 8.75. The van der Waals surface area contributed by atoms with Crippen molar-refractivity contribution in [3.63, 3.8) is 0 Å². The molecule has 0 atom stereocenters. The number of nitrogens with zero attached hydrogens (tertiary/aromatic N) is 1. The third-order valence-electron chi connectivity index (χ3n) is 2.87. The van der Waals surface area contributed by atoms with Crippen LogP contribution >= 0.6 is 0 Å². The molecule has 0 bridgehead atoms. The maximum Gasteiger partial charge on any atom is 0.270 e. The van der Waals surface area contributed by atoms with Gasteiger partial charge in [-0.25, -0.2) is 5.06 Å². The van der Waals surface area contributed by atoms with E-state index in [0.717, 1.165) is 16.7 Å². The van der Waals surface area contributed by atoms with Gasteiger partial charge in [0.1, 0.15) is 0 Å². The van der Waals surface area contributed by atoms with Crippen molar-refractivity contribution in [3.8, 4) is 0 Å². The topological polar surface area (TPSA) is 29.5 Å². The molecule has 1 amide bonds. The summed E-state index contributed by atoms with van der Waals surface area (Å²) in [6.45, 7) is 12.6. The first-order chi connectivity index (χ1) is 9.18. The number of carbonyl (C=O) groups excluding carboxylic acids is 1. The van der Waals surface area contributed by atoms with Gasteiger partial charge in [0.15, 0.2) is 0 Å².